The van der Waals surface area contributed by atoms with Crippen LogP contribution in [0.3, 0.4) is 0 Å². The summed E-state index contributed by atoms with van der Waals surface area (Å²) in [5.74, 6) is 1.43. The Morgan fingerprint density at radius 1 is 0.667 bits per heavy atom. The minimum Gasteiger partial charge on any atom is -0.493 e. The third-order valence-corrected chi connectivity index (χ3v) is 12.3. The first-order chi connectivity index (χ1) is 30.4. The maximum atomic E-state index is 13.9. The van der Waals surface area contributed by atoms with Gasteiger partial charge in [-0.15, -0.1) is 0 Å². The van der Waals surface area contributed by atoms with Gasteiger partial charge in [-0.3, -0.25) is 19.2 Å². The van der Waals surface area contributed by atoms with Crippen molar-refractivity contribution >= 4 is 46.6 Å². The van der Waals surface area contributed by atoms with Crippen LogP contribution in [-0.2, 0) is 19.2 Å². The van der Waals surface area contributed by atoms with Crippen LogP contribution in [0.5, 0.6) is 23.0 Å². The lowest BCUT2D eigenvalue weighted by Gasteiger charge is -2.19. The van der Waals surface area contributed by atoms with Crippen molar-refractivity contribution in [1.82, 2.24) is 9.80 Å². The molecule has 4 amide bonds. The summed E-state index contributed by atoms with van der Waals surface area (Å²) in [6.45, 7) is 2.83. The van der Waals surface area contributed by atoms with Crippen molar-refractivity contribution in [1.29, 1.82) is 0 Å². The summed E-state index contributed by atoms with van der Waals surface area (Å²) >= 11 is 5.74. The molecule has 0 bridgehead atoms. The van der Waals surface area contributed by atoms with Gasteiger partial charge in [-0.1, -0.05) is 35.9 Å². The summed E-state index contributed by atoms with van der Waals surface area (Å²) < 4.78 is 37.2. The molecule has 4 aliphatic rings. The van der Waals surface area contributed by atoms with Crippen LogP contribution in [-0.4, -0.2) is 86.0 Å². The second-order valence-electron chi connectivity index (χ2n) is 16.8. The van der Waals surface area contributed by atoms with Gasteiger partial charge in [0.1, 0.15) is 5.82 Å². The van der Waals surface area contributed by atoms with Crippen LogP contribution in [0.2, 0.25) is 5.02 Å². The molecule has 334 valence electrons. The maximum Gasteiger partial charge on any atom is 0.244 e. The predicted molar refractivity (Wildman–Crippen MR) is 239 cm³/mol. The molecule has 0 aromatic heterocycles. The first-order valence-electron chi connectivity index (χ1n) is 21.8. The molecular weight excluding hydrogens is 827 g/mol. The van der Waals surface area contributed by atoms with E-state index in [-0.39, 0.29) is 65.6 Å². The van der Waals surface area contributed by atoms with Crippen molar-refractivity contribution in [2.75, 3.05) is 51.0 Å². The van der Waals surface area contributed by atoms with Gasteiger partial charge in [0, 0.05) is 48.5 Å². The average Bonchev–Trinajstić information content (AvgIpc) is 4.10. The number of carbonyl (C=O) groups excluding carboxylic acids is 4. The molecule has 8 rings (SSSR count). The summed E-state index contributed by atoms with van der Waals surface area (Å²) in [4.78, 5) is 53.1. The van der Waals surface area contributed by atoms with Crippen LogP contribution >= 0.6 is 11.6 Å². The third kappa shape index (κ3) is 12.0. The number of ether oxygens (including phenoxy) is 4. The molecule has 63 heavy (non-hydrogen) atoms. The normalized spacial score (nSPS) is 18.9. The highest BCUT2D eigenvalue weighted by Crippen LogP contribution is 2.39. The number of aryl methyl sites for hydroxylation is 1. The van der Waals surface area contributed by atoms with Crippen molar-refractivity contribution in [2.45, 2.75) is 95.2 Å². The van der Waals surface area contributed by atoms with Crippen molar-refractivity contribution in [3.8, 4) is 23.0 Å². The summed E-state index contributed by atoms with van der Waals surface area (Å²) in [7, 11) is 3.25. The number of methoxy groups -OCH3 is 2. The fourth-order valence-corrected chi connectivity index (χ4v) is 8.96. The summed E-state index contributed by atoms with van der Waals surface area (Å²) in [5, 5.41) is 5.63. The number of hydrogen-bond donors (Lipinski definition) is 2. The first kappa shape index (κ1) is 45.2. The molecule has 2 unspecified atom stereocenters. The van der Waals surface area contributed by atoms with E-state index in [0.717, 1.165) is 65.6 Å². The number of likely N-dealkylation sites (tertiary alicyclic amines) is 2. The van der Waals surface area contributed by atoms with Crippen molar-refractivity contribution < 1.29 is 42.5 Å². The van der Waals surface area contributed by atoms with E-state index in [1.165, 1.54) is 42.7 Å². The number of carbonyl (C=O) groups is 4. The molecule has 4 fully saturated rings. The highest BCUT2D eigenvalue weighted by Gasteiger charge is 2.34. The molecule has 12 nitrogen and oxygen atoms in total. The number of amides is 4. The van der Waals surface area contributed by atoms with Crippen LogP contribution in [0.15, 0.2) is 78.9 Å². The van der Waals surface area contributed by atoms with E-state index in [1.807, 2.05) is 67.6 Å². The number of hydrogen-bond acceptors (Lipinski definition) is 8. The molecule has 2 saturated heterocycles. The lowest BCUT2D eigenvalue weighted by Crippen LogP contribution is -2.34. The minimum atomic E-state index is -0.621. The summed E-state index contributed by atoms with van der Waals surface area (Å²) in [6.07, 6.45) is 10.1. The second kappa shape index (κ2) is 21.0. The molecule has 0 radical (unpaired) electrons. The molecule has 2 aliphatic carbocycles. The van der Waals surface area contributed by atoms with Crippen molar-refractivity contribution in [3.05, 3.63) is 106 Å². The molecule has 2 N–H and O–H groups in total. The van der Waals surface area contributed by atoms with Crippen molar-refractivity contribution in [3.63, 3.8) is 0 Å². The molecule has 4 aromatic carbocycles. The monoisotopic (exact) mass is 882 g/mol. The van der Waals surface area contributed by atoms with Gasteiger partial charge in [-0.25, -0.2) is 4.39 Å². The smallest absolute Gasteiger partial charge is 0.244 e. The first-order valence-corrected chi connectivity index (χ1v) is 22.2. The topological polar surface area (TPSA) is 136 Å². The Morgan fingerprint density at radius 2 is 1.17 bits per heavy atom. The SMILES string of the molecule is COc1ccc(C2CC(=O)N(CC(=O)Nc3ccc(Cl)cc3F)C2)cc1OC1CCCC1.COc1ccc(C2CC(=O)N(CC(=O)Nc3cccc(C)c3)C2)cc1OC1CCCC1. The summed E-state index contributed by atoms with van der Waals surface area (Å²) in [6, 6.07) is 23.3. The van der Waals surface area contributed by atoms with Crippen LogP contribution in [0, 0.1) is 12.7 Å². The lowest BCUT2D eigenvalue weighted by molar-refractivity contribution is -0.131. The fourth-order valence-electron chi connectivity index (χ4n) is 8.80. The quantitative estimate of drug-likeness (QED) is 0.128. The molecule has 2 heterocycles. The number of nitrogens with zero attached hydrogens (tertiary/aromatic N) is 2. The summed E-state index contributed by atoms with van der Waals surface area (Å²) in [5.41, 5.74) is 3.87. The highest BCUT2D eigenvalue weighted by atomic mass is 35.5. The predicted octanol–water partition coefficient (Wildman–Crippen LogP) is 9.04. The zero-order chi connectivity index (χ0) is 44.5. The lowest BCUT2D eigenvalue weighted by atomic mass is 9.98. The van der Waals surface area contributed by atoms with Crippen molar-refractivity contribution in [2.24, 2.45) is 0 Å². The number of anilines is 2. The molecule has 14 heteroatoms. The Hall–Kier alpha value is -5.82. The van der Waals surface area contributed by atoms with E-state index in [4.69, 9.17) is 30.5 Å². The number of nitrogens with one attached hydrogen (secondary N) is 2. The van der Waals surface area contributed by atoms with Gasteiger partial charge in [0.05, 0.1) is 45.2 Å². The molecule has 4 aromatic rings. The third-order valence-electron chi connectivity index (χ3n) is 12.1. The highest BCUT2D eigenvalue weighted by molar-refractivity contribution is 6.30. The van der Waals surface area contributed by atoms with Gasteiger partial charge in [0.15, 0.2) is 23.0 Å². The standard InChI is InChI=1S/C25H30N2O4.C24H26ClFN2O4/c1-17-6-5-7-20(12-17)26-24(28)16-27-15-19(14-25(27)29)18-10-11-22(30-2)23(13-18)31-21-8-3-4-9-21;1-31-21-9-6-15(10-22(21)32-18-4-2-3-5-18)16-11-24(30)28(13-16)14-23(29)27-20-8-7-17(25)12-19(20)26/h5-7,10-13,19,21H,3-4,8-9,14-16H2,1-2H3,(H,26,28);6-10,12,16,18H,2-5,11,13-14H2,1H3,(H,27,29). The number of rotatable bonds is 14. The minimum absolute atomic E-state index is 0.00142. The Kier molecular flexibility index (Phi) is 15.1. The van der Waals surface area contributed by atoms with Crippen LogP contribution < -0.4 is 29.6 Å². The molecule has 2 saturated carbocycles. The molecular formula is C49H56ClFN4O8. The molecule has 2 aliphatic heterocycles. The number of halogens is 2. The van der Waals surface area contributed by atoms with E-state index in [9.17, 15) is 23.6 Å². The maximum absolute atomic E-state index is 13.9. The van der Waals surface area contributed by atoms with Gasteiger partial charge in [0.2, 0.25) is 23.6 Å². The van der Waals surface area contributed by atoms with Crippen LogP contribution in [0.1, 0.15) is 92.7 Å². The van der Waals surface area contributed by atoms with Crippen LogP contribution in [0.4, 0.5) is 15.8 Å². The van der Waals surface area contributed by atoms with Crippen LogP contribution in [0.25, 0.3) is 0 Å². The zero-order valence-corrected chi connectivity index (χ0v) is 36.9. The molecule has 0 spiro atoms. The Labute approximate surface area is 373 Å². The van der Waals surface area contributed by atoms with Gasteiger partial charge in [0.25, 0.3) is 0 Å². The van der Waals surface area contributed by atoms with E-state index in [0.29, 0.717) is 37.4 Å². The molecule has 2 atom stereocenters. The van der Waals surface area contributed by atoms with E-state index in [1.54, 1.807) is 19.1 Å². The second-order valence-corrected chi connectivity index (χ2v) is 17.2. The van der Waals surface area contributed by atoms with Gasteiger partial charge in [-0.05, 0) is 130 Å². The Bertz CT molecular complexity index is 2280. The number of benzene rings is 4. The van der Waals surface area contributed by atoms with E-state index >= 15 is 0 Å². The van der Waals surface area contributed by atoms with E-state index < -0.39 is 11.7 Å². The Morgan fingerprint density at radius 3 is 1.65 bits per heavy atom. The fraction of sp³-hybridized carbons (Fsp3) is 0.429. The van der Waals surface area contributed by atoms with Gasteiger partial charge in [-0.2, -0.15) is 0 Å². The largest absolute Gasteiger partial charge is 0.493 e. The average molecular weight is 883 g/mol. The van der Waals surface area contributed by atoms with Gasteiger partial charge >= 0.3 is 0 Å². The van der Waals surface area contributed by atoms with E-state index in [2.05, 4.69) is 10.6 Å². The Balaban J connectivity index is 0.000000189. The zero-order valence-electron chi connectivity index (χ0n) is 36.1. The van der Waals surface area contributed by atoms with Gasteiger partial charge < -0.3 is 39.4 Å².